The molecule has 1 N–H and O–H groups in total. The van der Waals surface area contributed by atoms with E-state index in [0.717, 1.165) is 6.42 Å². The molecule has 1 atom stereocenters. The molecule has 1 aromatic rings. The van der Waals surface area contributed by atoms with Gasteiger partial charge in [-0.3, -0.25) is 0 Å². The first kappa shape index (κ1) is 13.5. The zero-order valence-corrected chi connectivity index (χ0v) is 11.1. The molecule has 1 aromatic carbocycles. The predicted octanol–water partition coefficient (Wildman–Crippen LogP) is 3.82. The summed E-state index contributed by atoms with van der Waals surface area (Å²) in [7, 11) is 0. The smallest absolute Gasteiger partial charge is 0.134 e. The van der Waals surface area contributed by atoms with E-state index >= 15 is 0 Å². The topological polar surface area (TPSA) is 29.5 Å². The molecule has 1 rings (SSSR count). The first-order valence-electron chi connectivity index (χ1n) is 5.40. The maximum absolute atomic E-state index is 13.5. The van der Waals surface area contributed by atoms with Gasteiger partial charge in [-0.05, 0) is 40.9 Å². The van der Waals surface area contributed by atoms with Gasteiger partial charge >= 0.3 is 0 Å². The van der Waals surface area contributed by atoms with E-state index < -0.39 is 11.9 Å². The molecule has 0 heterocycles. The van der Waals surface area contributed by atoms with Gasteiger partial charge in [0.2, 0.25) is 0 Å². The van der Waals surface area contributed by atoms with E-state index in [2.05, 4.69) is 15.9 Å². The van der Waals surface area contributed by atoms with Crippen molar-refractivity contribution in [1.82, 2.24) is 0 Å². The van der Waals surface area contributed by atoms with Gasteiger partial charge in [-0.2, -0.15) is 0 Å². The van der Waals surface area contributed by atoms with Gasteiger partial charge in [0.05, 0.1) is 17.2 Å². The molecule has 0 aliphatic rings. The number of hydrogen-bond acceptors (Lipinski definition) is 2. The van der Waals surface area contributed by atoms with Crippen molar-refractivity contribution in [2.24, 2.45) is 0 Å². The third-order valence-corrected chi connectivity index (χ3v) is 3.09. The lowest BCUT2D eigenvalue weighted by molar-refractivity contribution is 0.167. The minimum Gasteiger partial charge on any atom is -0.492 e. The molecule has 0 bridgehead atoms. The van der Waals surface area contributed by atoms with Crippen LogP contribution in [-0.4, -0.2) is 11.7 Å². The molecule has 0 spiro atoms. The Morgan fingerprint density at radius 2 is 2.12 bits per heavy atom. The summed E-state index contributed by atoms with van der Waals surface area (Å²) in [5, 5.41) is 9.72. The van der Waals surface area contributed by atoms with Crippen LogP contribution in [0, 0.1) is 5.82 Å². The van der Waals surface area contributed by atoms with Crippen LogP contribution >= 0.6 is 15.9 Å². The Morgan fingerprint density at radius 1 is 1.44 bits per heavy atom. The third-order valence-electron chi connectivity index (χ3n) is 2.27. The molecule has 0 amide bonds. The molecule has 0 aromatic heterocycles. The summed E-state index contributed by atoms with van der Waals surface area (Å²) >= 11 is 3.28. The molecule has 0 saturated carbocycles. The Balaban J connectivity index is 3.06. The van der Waals surface area contributed by atoms with Crippen LogP contribution in [0.5, 0.6) is 5.75 Å². The van der Waals surface area contributed by atoms with Crippen LogP contribution < -0.4 is 4.74 Å². The second-order valence-electron chi connectivity index (χ2n) is 3.55. The highest BCUT2D eigenvalue weighted by Crippen LogP contribution is 2.35. The van der Waals surface area contributed by atoms with Crippen molar-refractivity contribution in [3.05, 3.63) is 28.0 Å². The van der Waals surface area contributed by atoms with Crippen molar-refractivity contribution in [2.45, 2.75) is 32.8 Å². The van der Waals surface area contributed by atoms with Crippen molar-refractivity contribution in [2.75, 3.05) is 6.61 Å². The van der Waals surface area contributed by atoms with Crippen LogP contribution in [0.4, 0.5) is 4.39 Å². The molecule has 2 nitrogen and oxygen atoms in total. The standard InChI is InChI=1S/C12H16BrFO2/c1-3-7-16-10-6-5-8(14)11(12(10)13)9(15)4-2/h5-6,9,15H,3-4,7H2,1-2H3. The molecule has 0 aliphatic carbocycles. The van der Waals surface area contributed by atoms with E-state index in [1.54, 1.807) is 13.0 Å². The highest BCUT2D eigenvalue weighted by molar-refractivity contribution is 9.10. The summed E-state index contributed by atoms with van der Waals surface area (Å²) in [5.41, 5.74) is 0.274. The summed E-state index contributed by atoms with van der Waals surface area (Å²) in [4.78, 5) is 0. The number of benzene rings is 1. The highest BCUT2D eigenvalue weighted by Gasteiger charge is 2.18. The summed E-state index contributed by atoms with van der Waals surface area (Å²) in [6.07, 6.45) is 0.543. The number of aliphatic hydroxyl groups is 1. The van der Waals surface area contributed by atoms with Gasteiger partial charge in [0, 0.05) is 5.56 Å². The molecule has 0 fully saturated rings. The Kier molecular flexibility index (Phi) is 5.22. The van der Waals surface area contributed by atoms with E-state index in [9.17, 15) is 9.50 Å². The van der Waals surface area contributed by atoms with Gasteiger partial charge in [0.15, 0.2) is 0 Å². The van der Waals surface area contributed by atoms with Crippen LogP contribution in [-0.2, 0) is 0 Å². The summed E-state index contributed by atoms with van der Waals surface area (Å²) in [5.74, 6) is 0.163. The van der Waals surface area contributed by atoms with Crippen molar-refractivity contribution in [1.29, 1.82) is 0 Å². The van der Waals surface area contributed by atoms with Gasteiger partial charge in [-0.25, -0.2) is 4.39 Å². The minimum atomic E-state index is -0.806. The van der Waals surface area contributed by atoms with Crippen LogP contribution in [0.2, 0.25) is 0 Å². The first-order chi connectivity index (χ1) is 7.61. The summed E-state index contributed by atoms with van der Waals surface area (Å²) < 4.78 is 19.5. The molecular formula is C12H16BrFO2. The molecule has 0 radical (unpaired) electrons. The van der Waals surface area contributed by atoms with Gasteiger partial charge in [-0.1, -0.05) is 13.8 Å². The largest absolute Gasteiger partial charge is 0.492 e. The zero-order valence-electron chi connectivity index (χ0n) is 9.46. The zero-order chi connectivity index (χ0) is 12.1. The van der Waals surface area contributed by atoms with E-state index in [0.29, 0.717) is 23.2 Å². The summed E-state index contributed by atoms with van der Waals surface area (Å²) in [6.45, 7) is 4.38. The third kappa shape index (κ3) is 2.95. The van der Waals surface area contributed by atoms with Gasteiger partial charge in [-0.15, -0.1) is 0 Å². The van der Waals surface area contributed by atoms with Gasteiger partial charge in [0.1, 0.15) is 11.6 Å². The lowest BCUT2D eigenvalue weighted by Gasteiger charge is -2.15. The van der Waals surface area contributed by atoms with Crippen molar-refractivity contribution >= 4 is 15.9 Å². The molecule has 16 heavy (non-hydrogen) atoms. The van der Waals surface area contributed by atoms with E-state index in [1.165, 1.54) is 6.07 Å². The number of ether oxygens (including phenoxy) is 1. The number of aliphatic hydroxyl groups excluding tert-OH is 1. The Bertz CT molecular complexity index is 355. The number of halogens is 2. The van der Waals surface area contributed by atoms with Gasteiger partial charge < -0.3 is 9.84 Å². The SMILES string of the molecule is CCCOc1ccc(F)c(C(O)CC)c1Br. The second-order valence-corrected chi connectivity index (χ2v) is 4.34. The van der Waals surface area contributed by atoms with E-state index in [4.69, 9.17) is 4.74 Å². The minimum absolute atomic E-state index is 0.274. The first-order valence-corrected chi connectivity index (χ1v) is 6.19. The monoisotopic (exact) mass is 290 g/mol. The van der Waals surface area contributed by atoms with Crippen molar-refractivity contribution in [3.63, 3.8) is 0 Å². The molecule has 0 saturated heterocycles. The van der Waals surface area contributed by atoms with E-state index in [-0.39, 0.29) is 5.56 Å². The van der Waals surface area contributed by atoms with Crippen LogP contribution in [0.3, 0.4) is 0 Å². The Hall–Kier alpha value is -0.610. The van der Waals surface area contributed by atoms with Crippen LogP contribution in [0.15, 0.2) is 16.6 Å². The van der Waals surface area contributed by atoms with Crippen LogP contribution in [0.25, 0.3) is 0 Å². The predicted molar refractivity (Wildman–Crippen MR) is 65.1 cm³/mol. The summed E-state index contributed by atoms with van der Waals surface area (Å²) in [6, 6.07) is 2.89. The fourth-order valence-electron chi connectivity index (χ4n) is 1.38. The average molecular weight is 291 g/mol. The molecular weight excluding hydrogens is 275 g/mol. The number of hydrogen-bond donors (Lipinski definition) is 1. The normalized spacial score (nSPS) is 12.6. The molecule has 90 valence electrons. The highest BCUT2D eigenvalue weighted by atomic mass is 79.9. The van der Waals surface area contributed by atoms with Crippen molar-refractivity contribution in [3.8, 4) is 5.75 Å². The maximum Gasteiger partial charge on any atom is 0.134 e. The Morgan fingerprint density at radius 3 is 2.69 bits per heavy atom. The molecule has 1 unspecified atom stereocenters. The second kappa shape index (κ2) is 6.21. The fraction of sp³-hybridized carbons (Fsp3) is 0.500. The molecule has 4 heteroatoms. The van der Waals surface area contributed by atoms with E-state index in [1.807, 2.05) is 6.92 Å². The molecule has 0 aliphatic heterocycles. The lowest BCUT2D eigenvalue weighted by Crippen LogP contribution is -2.04. The number of rotatable bonds is 5. The fourth-order valence-corrected chi connectivity index (χ4v) is 2.08. The van der Waals surface area contributed by atoms with Crippen molar-refractivity contribution < 1.29 is 14.2 Å². The van der Waals surface area contributed by atoms with Crippen LogP contribution in [0.1, 0.15) is 38.4 Å². The maximum atomic E-state index is 13.5. The van der Waals surface area contributed by atoms with Gasteiger partial charge in [0.25, 0.3) is 0 Å². The Labute approximate surface area is 104 Å². The average Bonchev–Trinajstić information content (AvgIpc) is 2.28. The quantitative estimate of drug-likeness (QED) is 0.893. The lowest BCUT2D eigenvalue weighted by atomic mass is 10.1.